The summed E-state index contributed by atoms with van der Waals surface area (Å²) in [4.78, 5) is 48.8. The summed E-state index contributed by atoms with van der Waals surface area (Å²) >= 11 is 0. The first-order valence-corrected chi connectivity index (χ1v) is 27.7. The number of aromatic nitrogens is 2. The number of halogens is 4. The topological polar surface area (TPSA) is 283 Å². The highest BCUT2D eigenvalue weighted by atomic mass is 32.2. The van der Waals surface area contributed by atoms with Gasteiger partial charge in [-0.25, -0.2) is 23.7 Å². The summed E-state index contributed by atoms with van der Waals surface area (Å²) in [6.45, 7) is 10.1. The fourth-order valence-electron chi connectivity index (χ4n) is 7.43. The molecule has 1 aromatic heterocycles. The van der Waals surface area contributed by atoms with Crippen LogP contribution in [0.15, 0.2) is 46.1 Å². The molecule has 0 saturated heterocycles. The highest BCUT2D eigenvalue weighted by Gasteiger charge is 2.34. The molecule has 0 atom stereocenters. The monoisotopic (exact) mass is 1160 g/mol. The number of hydrogen-bond donors (Lipinski definition) is 3. The Morgan fingerprint density at radius 3 is 1.48 bits per heavy atom. The van der Waals surface area contributed by atoms with E-state index in [9.17, 15) is 40.4 Å². The van der Waals surface area contributed by atoms with E-state index in [0.717, 1.165) is 42.4 Å². The number of nitrogens with one attached hydrogen (secondary N) is 1. The maximum absolute atomic E-state index is 14.0. The van der Waals surface area contributed by atoms with Crippen molar-refractivity contribution < 1.29 is 97.0 Å². The Hall–Kier alpha value is -5.43. The van der Waals surface area contributed by atoms with Gasteiger partial charge in [-0.05, 0) is 30.5 Å². The predicted octanol–water partition coefficient (Wildman–Crippen LogP) is 5.68. The maximum Gasteiger partial charge on any atom is 0.313 e. The highest BCUT2D eigenvalue weighted by molar-refractivity contribution is 7.85. The summed E-state index contributed by atoms with van der Waals surface area (Å²) in [7, 11) is -5.65. The van der Waals surface area contributed by atoms with E-state index in [-0.39, 0.29) is 70.2 Å². The van der Waals surface area contributed by atoms with Crippen LogP contribution in [0, 0.1) is 29.2 Å². The van der Waals surface area contributed by atoms with Crippen LogP contribution in [0.1, 0.15) is 70.2 Å². The molecule has 80 heavy (non-hydrogen) atoms. The molecule has 4 rings (SSSR count). The number of esters is 1. The van der Waals surface area contributed by atoms with Gasteiger partial charge in [0.05, 0.1) is 151 Å². The van der Waals surface area contributed by atoms with E-state index in [2.05, 4.69) is 38.9 Å². The molecule has 22 nitrogen and oxygen atoms in total. The lowest BCUT2D eigenvalue weighted by atomic mass is 9.87. The third-order valence-corrected chi connectivity index (χ3v) is 12.2. The lowest BCUT2D eigenvalue weighted by Gasteiger charge is -2.16. The number of ether oxygens (including phenoxy) is 11. The van der Waals surface area contributed by atoms with Crippen molar-refractivity contribution in [3.63, 3.8) is 0 Å². The fourth-order valence-corrected chi connectivity index (χ4v) is 8.06. The van der Waals surface area contributed by atoms with Crippen LogP contribution in [0.5, 0.6) is 5.75 Å². The number of benzene rings is 2. The SMILES string of the molecule is CCCC(CCC)C(=O)C1=Cc2ccc(-c3cnc(CNC(=O)CCOCCOCCOCCOCCOCCOCCOCCOCCOCCOCCC(=O)Oc4c(F)c(F)c(S(=O)(=O)O)c(F)c4F)nc3)cc2N=C(N)C1. The zero-order chi connectivity index (χ0) is 58.0. The number of ketones is 1. The first-order valence-electron chi connectivity index (χ1n) is 26.3. The van der Waals surface area contributed by atoms with Gasteiger partial charge < -0.3 is 63.2 Å². The molecule has 0 radical (unpaired) electrons. The number of hydrogen-bond acceptors (Lipinski definition) is 20. The van der Waals surface area contributed by atoms with Crippen molar-refractivity contribution >= 4 is 45.4 Å². The van der Waals surface area contributed by atoms with Gasteiger partial charge >= 0.3 is 16.1 Å². The quantitative estimate of drug-likeness (QED) is 0.0153. The van der Waals surface area contributed by atoms with Crippen LogP contribution >= 0.6 is 0 Å². The number of nitrogens with zero attached hydrogens (tertiary/aromatic N) is 3. The molecule has 4 N–H and O–H groups in total. The minimum absolute atomic E-state index is 0.00974. The Kier molecular flexibility index (Phi) is 32.1. The Balaban J connectivity index is 0.858. The van der Waals surface area contributed by atoms with E-state index in [4.69, 9.17) is 57.7 Å². The first-order chi connectivity index (χ1) is 38.6. The van der Waals surface area contributed by atoms with Gasteiger partial charge in [-0.15, -0.1) is 0 Å². The van der Waals surface area contributed by atoms with E-state index in [0.29, 0.717) is 122 Å². The molecule has 27 heteroatoms. The average molecular weight is 1160 g/mol. The van der Waals surface area contributed by atoms with Crippen molar-refractivity contribution in [2.75, 3.05) is 132 Å². The zero-order valence-corrected chi connectivity index (χ0v) is 46.0. The summed E-state index contributed by atoms with van der Waals surface area (Å²) in [5.74, 6) is -11.9. The number of fused-ring (bicyclic) bond motifs is 1. The van der Waals surface area contributed by atoms with Crippen LogP contribution in [-0.2, 0) is 78.4 Å². The molecule has 0 aliphatic carbocycles. The van der Waals surface area contributed by atoms with Crippen molar-refractivity contribution in [1.29, 1.82) is 0 Å². The molecule has 1 aliphatic rings. The number of nitrogens with two attached hydrogens (primary N) is 1. The molecule has 2 heterocycles. The van der Waals surface area contributed by atoms with Crippen LogP contribution in [0.2, 0.25) is 0 Å². The molecule has 0 bridgehead atoms. The second-order valence-corrected chi connectivity index (χ2v) is 18.9. The Morgan fingerprint density at radius 2 is 1.05 bits per heavy atom. The van der Waals surface area contributed by atoms with Gasteiger partial charge in [-0.3, -0.25) is 18.9 Å². The predicted molar refractivity (Wildman–Crippen MR) is 281 cm³/mol. The number of rotatable bonds is 44. The molecule has 3 aromatic rings. The van der Waals surface area contributed by atoms with Gasteiger partial charge in [0.15, 0.2) is 22.3 Å². The van der Waals surface area contributed by atoms with Crippen LogP contribution in [0.4, 0.5) is 23.2 Å². The molecule has 2 aromatic carbocycles. The van der Waals surface area contributed by atoms with Gasteiger partial charge in [0.1, 0.15) is 11.7 Å². The smallest absolute Gasteiger partial charge is 0.313 e. The second-order valence-electron chi connectivity index (χ2n) is 17.5. The summed E-state index contributed by atoms with van der Waals surface area (Å²) < 4.78 is 145. The minimum Gasteiger partial charge on any atom is -0.420 e. The molecular weight excluding hydrogens is 1090 g/mol. The van der Waals surface area contributed by atoms with Crippen molar-refractivity contribution in [2.24, 2.45) is 16.6 Å². The average Bonchev–Trinajstić information content (AvgIpc) is 3.72. The van der Waals surface area contributed by atoms with Gasteiger partial charge in [0.2, 0.25) is 23.3 Å². The molecule has 0 saturated carbocycles. The molecule has 1 aliphatic heterocycles. The fraction of sp³-hybridized carbons (Fsp3) is 0.585. The van der Waals surface area contributed by atoms with E-state index < -0.39 is 56.4 Å². The largest absolute Gasteiger partial charge is 0.420 e. The number of Topliss-reactive ketones (excluding diaryl/α,β-unsaturated/α-hetero) is 1. The number of amidine groups is 1. The van der Waals surface area contributed by atoms with Gasteiger partial charge in [-0.2, -0.15) is 17.2 Å². The van der Waals surface area contributed by atoms with E-state index in [1.54, 1.807) is 12.4 Å². The molecule has 0 fully saturated rings. The van der Waals surface area contributed by atoms with Crippen LogP contribution in [0.3, 0.4) is 0 Å². The van der Waals surface area contributed by atoms with Crippen LogP contribution in [-0.4, -0.2) is 179 Å². The van der Waals surface area contributed by atoms with E-state index in [1.165, 1.54) is 0 Å². The van der Waals surface area contributed by atoms with E-state index >= 15 is 0 Å². The lowest BCUT2D eigenvalue weighted by Crippen LogP contribution is -2.25. The zero-order valence-electron chi connectivity index (χ0n) is 45.2. The highest BCUT2D eigenvalue weighted by Crippen LogP contribution is 2.34. The van der Waals surface area contributed by atoms with Crippen molar-refractivity contribution in [2.45, 2.75) is 70.2 Å². The molecule has 1 amide bonds. The first kappa shape index (κ1) is 67.1. The molecule has 0 unspecified atom stereocenters. The van der Waals surface area contributed by atoms with E-state index in [1.807, 2.05) is 24.3 Å². The number of carbonyl (C=O) groups is 3. The molecular formula is C53H73F4N5O17S. The maximum atomic E-state index is 14.0. The Morgan fingerprint density at radius 1 is 0.625 bits per heavy atom. The molecule has 0 spiro atoms. The van der Waals surface area contributed by atoms with Crippen LogP contribution < -0.4 is 15.8 Å². The standard InChI is InChI=1S/C53H73F4N5O17S/c1-3-5-37(6-4-2)51(65)40-31-39-8-7-38(32-42(39)62-43(58)33-40)41-34-59-44(60-35-41)36-61-45(63)9-11-69-13-15-71-17-19-73-21-23-75-25-27-77-29-30-78-28-26-76-24-22-74-20-18-72-16-14-70-12-10-46(64)79-52-47(54)49(56)53(80(66,67)68)50(57)48(52)55/h7-8,31-32,34-35,37H,3-6,9-30,33,36H2,1-2H3,(H2,58,62)(H,61,63)(H,66,67,68). The third-order valence-electron chi connectivity index (χ3n) is 11.4. The summed E-state index contributed by atoms with van der Waals surface area (Å²) in [5, 5.41) is 2.81. The number of carbonyl (C=O) groups excluding carboxylic acids is 3. The summed E-state index contributed by atoms with van der Waals surface area (Å²) in [6, 6.07) is 5.79. The summed E-state index contributed by atoms with van der Waals surface area (Å²) in [6.07, 6.45) is 8.83. The Bertz CT molecular complexity index is 2510. The van der Waals surface area contributed by atoms with Gasteiger partial charge in [0, 0.05) is 47.9 Å². The lowest BCUT2D eigenvalue weighted by molar-refractivity contribution is -0.136. The summed E-state index contributed by atoms with van der Waals surface area (Å²) in [5.41, 5.74) is 10.1. The second kappa shape index (κ2) is 38.3. The molecule has 446 valence electrons. The van der Waals surface area contributed by atoms with Gasteiger partial charge in [-0.1, -0.05) is 38.8 Å². The normalized spacial score (nSPS) is 12.6. The van der Waals surface area contributed by atoms with Crippen molar-refractivity contribution in [1.82, 2.24) is 15.3 Å². The third kappa shape index (κ3) is 25.2. The number of aliphatic imine (C=N–C) groups is 1. The van der Waals surface area contributed by atoms with Crippen LogP contribution in [0.25, 0.3) is 17.2 Å². The van der Waals surface area contributed by atoms with Crippen molar-refractivity contribution in [3.8, 4) is 16.9 Å². The minimum atomic E-state index is -5.65. The van der Waals surface area contributed by atoms with Gasteiger partial charge in [0.25, 0.3) is 0 Å². The number of amides is 1. The van der Waals surface area contributed by atoms with Crippen molar-refractivity contribution in [3.05, 3.63) is 70.8 Å². The Labute approximate surface area is 463 Å².